The molecule has 0 spiro atoms. The number of carbonyl (C=O) groups excluding carboxylic acids is 2. The molecule has 1 aliphatic carbocycles. The van der Waals surface area contributed by atoms with Gasteiger partial charge in [-0.15, -0.1) is 0 Å². The standard InChI is InChI=1S/C26H38O5/c1-3-5-10-14-21(22-19-20-22)15-11-8-6-7-9-12-16-23-24(31-26(28)30-23)17-13-18-25(27)29-4-2/h6-9,11-12,15-16,21-24H,3-5,10,13-14,17-20H2,1-2H3/b8-6-,9-7+,15-11+,16-12+/t21?,23-,24+/m1/s1. The molecule has 3 atom stereocenters. The van der Waals surface area contributed by atoms with Gasteiger partial charge in [-0.3, -0.25) is 4.79 Å². The van der Waals surface area contributed by atoms with Crippen LogP contribution in [-0.2, 0) is 19.0 Å². The van der Waals surface area contributed by atoms with E-state index in [2.05, 4.69) is 25.2 Å². The minimum atomic E-state index is -0.658. The van der Waals surface area contributed by atoms with Gasteiger partial charge in [-0.2, -0.15) is 0 Å². The summed E-state index contributed by atoms with van der Waals surface area (Å²) in [6, 6.07) is 0. The van der Waals surface area contributed by atoms with Crippen molar-refractivity contribution in [3.8, 4) is 0 Å². The second kappa shape index (κ2) is 14.7. The zero-order valence-corrected chi connectivity index (χ0v) is 19.0. The minimum Gasteiger partial charge on any atom is -0.466 e. The third kappa shape index (κ3) is 10.5. The molecule has 2 aliphatic rings. The highest BCUT2D eigenvalue weighted by Crippen LogP contribution is 2.40. The lowest BCUT2D eigenvalue weighted by atomic mass is 9.96. The fourth-order valence-corrected chi connectivity index (χ4v) is 3.75. The molecule has 1 saturated heterocycles. The van der Waals surface area contributed by atoms with E-state index in [1.807, 2.05) is 30.4 Å². The second-order valence-electron chi connectivity index (χ2n) is 8.22. The maximum absolute atomic E-state index is 11.5. The largest absolute Gasteiger partial charge is 0.509 e. The minimum absolute atomic E-state index is 0.229. The number of hydrogen-bond donors (Lipinski definition) is 0. The van der Waals surface area contributed by atoms with E-state index in [4.69, 9.17) is 14.2 Å². The van der Waals surface area contributed by atoms with Crippen LogP contribution in [0.3, 0.4) is 0 Å². The van der Waals surface area contributed by atoms with Crippen molar-refractivity contribution in [3.63, 3.8) is 0 Å². The lowest BCUT2D eigenvalue weighted by molar-refractivity contribution is -0.143. The van der Waals surface area contributed by atoms with Gasteiger partial charge in [0, 0.05) is 6.42 Å². The Balaban J connectivity index is 1.70. The normalized spacial score (nSPS) is 22.6. The van der Waals surface area contributed by atoms with Crippen molar-refractivity contribution < 1.29 is 23.8 Å². The topological polar surface area (TPSA) is 61.8 Å². The third-order valence-corrected chi connectivity index (χ3v) is 5.60. The van der Waals surface area contributed by atoms with Gasteiger partial charge in [0.1, 0.15) is 6.10 Å². The summed E-state index contributed by atoms with van der Waals surface area (Å²) in [5, 5.41) is 0. The molecule has 2 fully saturated rings. The van der Waals surface area contributed by atoms with Gasteiger partial charge < -0.3 is 14.2 Å². The average molecular weight is 431 g/mol. The molecule has 31 heavy (non-hydrogen) atoms. The van der Waals surface area contributed by atoms with Gasteiger partial charge in [-0.1, -0.05) is 68.7 Å². The summed E-state index contributed by atoms with van der Waals surface area (Å²) < 4.78 is 15.3. The van der Waals surface area contributed by atoms with Gasteiger partial charge in [0.15, 0.2) is 6.10 Å². The Morgan fingerprint density at radius 1 is 1.03 bits per heavy atom. The average Bonchev–Trinajstić information content (AvgIpc) is 3.52. The first-order valence-corrected chi connectivity index (χ1v) is 11.8. The van der Waals surface area contributed by atoms with Gasteiger partial charge in [0.25, 0.3) is 0 Å². The molecule has 5 heteroatoms. The van der Waals surface area contributed by atoms with Crippen LogP contribution in [0.5, 0.6) is 0 Å². The zero-order chi connectivity index (χ0) is 22.3. The number of carbonyl (C=O) groups is 2. The van der Waals surface area contributed by atoms with E-state index in [-0.39, 0.29) is 12.1 Å². The Labute approximate surface area is 187 Å². The van der Waals surface area contributed by atoms with Crippen LogP contribution in [-0.4, -0.2) is 30.9 Å². The zero-order valence-electron chi connectivity index (χ0n) is 19.0. The van der Waals surface area contributed by atoms with Crippen LogP contribution in [0.1, 0.15) is 71.6 Å². The van der Waals surface area contributed by atoms with Crippen molar-refractivity contribution in [1.29, 1.82) is 0 Å². The highest BCUT2D eigenvalue weighted by molar-refractivity contribution is 5.69. The van der Waals surface area contributed by atoms with Gasteiger partial charge in [0.2, 0.25) is 0 Å². The van der Waals surface area contributed by atoms with Crippen LogP contribution >= 0.6 is 0 Å². The molecule has 1 aliphatic heterocycles. The molecule has 2 rings (SSSR count). The number of hydrogen-bond acceptors (Lipinski definition) is 5. The first-order chi connectivity index (χ1) is 15.1. The number of cyclic esters (lactones) is 2. The highest BCUT2D eigenvalue weighted by Gasteiger charge is 2.34. The molecular formula is C26H38O5. The molecule has 1 saturated carbocycles. The van der Waals surface area contributed by atoms with Gasteiger partial charge in [-0.05, 0) is 56.9 Å². The summed E-state index contributed by atoms with van der Waals surface area (Å²) in [5.41, 5.74) is 0. The predicted molar refractivity (Wildman–Crippen MR) is 123 cm³/mol. The number of allylic oxidation sites excluding steroid dienone is 7. The summed E-state index contributed by atoms with van der Waals surface area (Å²) in [5.74, 6) is 1.41. The van der Waals surface area contributed by atoms with Crippen LogP contribution < -0.4 is 0 Å². The Bertz CT molecular complexity index is 657. The van der Waals surface area contributed by atoms with Crippen molar-refractivity contribution in [2.75, 3.05) is 6.61 Å². The Kier molecular flexibility index (Phi) is 11.8. The summed E-state index contributed by atoms with van der Waals surface area (Å²) >= 11 is 0. The molecule has 0 bridgehead atoms. The smallest absolute Gasteiger partial charge is 0.466 e. The quantitative estimate of drug-likeness (QED) is 0.170. The lowest BCUT2D eigenvalue weighted by Crippen LogP contribution is -2.20. The number of ether oxygens (including phenoxy) is 3. The molecule has 1 unspecified atom stereocenters. The predicted octanol–water partition coefficient (Wildman–Crippen LogP) is 6.46. The molecule has 0 radical (unpaired) electrons. The maximum atomic E-state index is 11.5. The van der Waals surface area contributed by atoms with Crippen LogP contribution in [0, 0.1) is 11.8 Å². The number of rotatable bonds is 15. The molecule has 172 valence electrons. The molecule has 0 amide bonds. The van der Waals surface area contributed by atoms with E-state index in [1.165, 1.54) is 38.5 Å². The molecule has 0 N–H and O–H groups in total. The summed E-state index contributed by atoms with van der Waals surface area (Å²) in [6.07, 6.45) is 24.2. The van der Waals surface area contributed by atoms with Crippen molar-refractivity contribution in [1.82, 2.24) is 0 Å². The van der Waals surface area contributed by atoms with E-state index >= 15 is 0 Å². The summed E-state index contributed by atoms with van der Waals surface area (Å²) in [4.78, 5) is 22.9. The Morgan fingerprint density at radius 3 is 2.48 bits per heavy atom. The Morgan fingerprint density at radius 2 is 1.77 bits per heavy atom. The van der Waals surface area contributed by atoms with Gasteiger partial charge >= 0.3 is 12.1 Å². The fraction of sp³-hybridized carbons (Fsp3) is 0.615. The molecule has 0 aromatic carbocycles. The fourth-order valence-electron chi connectivity index (χ4n) is 3.75. The van der Waals surface area contributed by atoms with Crippen LogP contribution in [0.25, 0.3) is 0 Å². The second-order valence-corrected chi connectivity index (χ2v) is 8.22. The van der Waals surface area contributed by atoms with E-state index in [0.29, 0.717) is 25.9 Å². The van der Waals surface area contributed by atoms with Crippen molar-refractivity contribution in [3.05, 3.63) is 48.6 Å². The molecule has 0 aromatic rings. The first kappa shape index (κ1) is 25.0. The summed E-state index contributed by atoms with van der Waals surface area (Å²) in [7, 11) is 0. The molecule has 0 aromatic heterocycles. The van der Waals surface area contributed by atoms with Crippen LogP contribution in [0.4, 0.5) is 4.79 Å². The van der Waals surface area contributed by atoms with E-state index in [9.17, 15) is 9.59 Å². The maximum Gasteiger partial charge on any atom is 0.509 e. The number of esters is 1. The molecular weight excluding hydrogens is 392 g/mol. The van der Waals surface area contributed by atoms with Crippen molar-refractivity contribution in [2.45, 2.75) is 83.8 Å². The van der Waals surface area contributed by atoms with Crippen LogP contribution in [0.15, 0.2) is 48.6 Å². The lowest BCUT2D eigenvalue weighted by Gasteiger charge is -2.11. The summed E-state index contributed by atoms with van der Waals surface area (Å²) in [6.45, 7) is 4.41. The van der Waals surface area contributed by atoms with Crippen molar-refractivity contribution in [2.24, 2.45) is 11.8 Å². The van der Waals surface area contributed by atoms with Crippen LogP contribution in [0.2, 0.25) is 0 Å². The molecule has 1 heterocycles. The highest BCUT2D eigenvalue weighted by atomic mass is 16.8. The third-order valence-electron chi connectivity index (χ3n) is 5.60. The van der Waals surface area contributed by atoms with Gasteiger partial charge in [-0.25, -0.2) is 4.79 Å². The van der Waals surface area contributed by atoms with Gasteiger partial charge in [0.05, 0.1) is 6.61 Å². The molecule has 5 nitrogen and oxygen atoms in total. The van der Waals surface area contributed by atoms with Crippen molar-refractivity contribution >= 4 is 12.1 Å². The first-order valence-electron chi connectivity index (χ1n) is 11.8. The van der Waals surface area contributed by atoms with E-state index < -0.39 is 12.3 Å². The van der Waals surface area contributed by atoms with E-state index in [0.717, 1.165) is 11.8 Å². The Hall–Kier alpha value is -2.30. The monoisotopic (exact) mass is 430 g/mol. The SMILES string of the molecule is CCCCCC(/C=C/C=C\C=C\C=C\[C@H]1OC(=O)O[C@H]1CCCC(=O)OCC)C1CC1. The van der Waals surface area contributed by atoms with E-state index in [1.54, 1.807) is 6.92 Å². The number of unbranched alkanes of at least 4 members (excludes halogenated alkanes) is 2.